The van der Waals surface area contributed by atoms with Crippen LogP contribution in [0.15, 0.2) is 22.7 Å². The smallest absolute Gasteiger partial charge is 0.123 e. The molecule has 0 saturated heterocycles. The molecule has 1 aromatic carbocycles. The van der Waals surface area contributed by atoms with Crippen molar-refractivity contribution in [2.45, 2.75) is 11.2 Å². The molecule has 1 unspecified atom stereocenters. The van der Waals surface area contributed by atoms with E-state index in [1.54, 1.807) is 0 Å². The van der Waals surface area contributed by atoms with Gasteiger partial charge < -0.3 is 4.74 Å². The molecular formula is C9H8Br2O. The standard InChI is InChI=1S/C9H8Br2O/c10-6-1-2-9-7(5-6)8(11)3-4-12-9/h1-2,5,8H,3-4H2. The topological polar surface area (TPSA) is 9.23 Å². The first-order valence-corrected chi connectivity index (χ1v) is 5.54. The number of halogens is 2. The minimum Gasteiger partial charge on any atom is -0.493 e. The van der Waals surface area contributed by atoms with E-state index >= 15 is 0 Å². The lowest BCUT2D eigenvalue weighted by molar-refractivity contribution is 0.287. The number of alkyl halides is 1. The number of rotatable bonds is 0. The summed E-state index contributed by atoms with van der Waals surface area (Å²) in [7, 11) is 0. The minimum absolute atomic E-state index is 0.443. The zero-order chi connectivity index (χ0) is 8.55. The summed E-state index contributed by atoms with van der Waals surface area (Å²) in [6.07, 6.45) is 1.05. The molecule has 3 heteroatoms. The first kappa shape index (κ1) is 8.57. The molecule has 0 saturated carbocycles. The number of hydrogen-bond acceptors (Lipinski definition) is 1. The third kappa shape index (κ3) is 1.52. The SMILES string of the molecule is Brc1ccc2c(c1)C(Br)CCO2. The normalized spacial score (nSPS) is 21.3. The van der Waals surface area contributed by atoms with Crippen molar-refractivity contribution in [3.05, 3.63) is 28.2 Å². The van der Waals surface area contributed by atoms with Crippen molar-refractivity contribution < 1.29 is 4.74 Å². The molecule has 1 aromatic rings. The molecule has 0 N–H and O–H groups in total. The van der Waals surface area contributed by atoms with Gasteiger partial charge >= 0.3 is 0 Å². The third-order valence-electron chi connectivity index (χ3n) is 1.94. The summed E-state index contributed by atoms with van der Waals surface area (Å²) in [5, 5.41) is 0. The van der Waals surface area contributed by atoms with E-state index in [0.29, 0.717) is 4.83 Å². The van der Waals surface area contributed by atoms with Gasteiger partial charge in [-0.25, -0.2) is 0 Å². The summed E-state index contributed by atoms with van der Waals surface area (Å²) in [4.78, 5) is 0.443. The Bertz CT molecular complexity index is 299. The van der Waals surface area contributed by atoms with Crippen LogP contribution in [0.4, 0.5) is 0 Å². The largest absolute Gasteiger partial charge is 0.493 e. The Morgan fingerprint density at radius 3 is 3.08 bits per heavy atom. The van der Waals surface area contributed by atoms with Crippen molar-refractivity contribution in [3.8, 4) is 5.75 Å². The quantitative estimate of drug-likeness (QED) is 0.663. The lowest BCUT2D eigenvalue weighted by Gasteiger charge is -2.21. The molecule has 1 aliphatic heterocycles. The molecule has 1 atom stereocenters. The molecule has 0 spiro atoms. The third-order valence-corrected chi connectivity index (χ3v) is 3.38. The van der Waals surface area contributed by atoms with Crippen molar-refractivity contribution in [2.75, 3.05) is 6.61 Å². The van der Waals surface area contributed by atoms with Gasteiger partial charge in [0, 0.05) is 14.9 Å². The van der Waals surface area contributed by atoms with Crippen LogP contribution in [0.5, 0.6) is 5.75 Å². The molecule has 2 rings (SSSR count). The van der Waals surface area contributed by atoms with Gasteiger partial charge in [-0.2, -0.15) is 0 Å². The highest BCUT2D eigenvalue weighted by Gasteiger charge is 2.18. The Balaban J connectivity index is 2.47. The van der Waals surface area contributed by atoms with Crippen LogP contribution in [0.25, 0.3) is 0 Å². The zero-order valence-corrected chi connectivity index (χ0v) is 9.56. The van der Waals surface area contributed by atoms with Crippen LogP contribution >= 0.6 is 31.9 Å². The minimum atomic E-state index is 0.443. The van der Waals surface area contributed by atoms with Gasteiger partial charge in [0.1, 0.15) is 5.75 Å². The Kier molecular flexibility index (Phi) is 2.42. The Morgan fingerprint density at radius 1 is 1.42 bits per heavy atom. The van der Waals surface area contributed by atoms with Crippen molar-refractivity contribution in [1.82, 2.24) is 0 Å². The van der Waals surface area contributed by atoms with Crippen LogP contribution in [0.3, 0.4) is 0 Å². The molecule has 0 amide bonds. The summed E-state index contributed by atoms with van der Waals surface area (Å²) in [5.41, 5.74) is 1.25. The molecule has 1 nitrogen and oxygen atoms in total. The van der Waals surface area contributed by atoms with E-state index in [4.69, 9.17) is 4.74 Å². The van der Waals surface area contributed by atoms with Gasteiger partial charge in [-0.05, 0) is 24.6 Å². The van der Waals surface area contributed by atoms with Crippen molar-refractivity contribution in [1.29, 1.82) is 0 Å². The fourth-order valence-corrected chi connectivity index (χ4v) is 2.25. The van der Waals surface area contributed by atoms with Gasteiger partial charge in [-0.15, -0.1) is 0 Å². The number of benzene rings is 1. The summed E-state index contributed by atoms with van der Waals surface area (Å²) < 4.78 is 6.61. The Hall–Kier alpha value is -0.0200. The lowest BCUT2D eigenvalue weighted by atomic mass is 10.1. The van der Waals surface area contributed by atoms with Crippen LogP contribution in [-0.4, -0.2) is 6.61 Å². The molecule has 0 bridgehead atoms. The second-order valence-corrected chi connectivity index (χ2v) is 4.81. The maximum absolute atomic E-state index is 5.50. The predicted octanol–water partition coefficient (Wildman–Crippen LogP) is 3.67. The fraction of sp³-hybridized carbons (Fsp3) is 0.333. The molecule has 0 radical (unpaired) electrons. The van der Waals surface area contributed by atoms with Gasteiger partial charge in [0.15, 0.2) is 0 Å². The number of fused-ring (bicyclic) bond motifs is 1. The Labute approximate surface area is 88.4 Å². The molecule has 12 heavy (non-hydrogen) atoms. The van der Waals surface area contributed by atoms with Crippen LogP contribution in [0, 0.1) is 0 Å². The molecule has 0 fully saturated rings. The Morgan fingerprint density at radius 2 is 2.25 bits per heavy atom. The number of hydrogen-bond donors (Lipinski definition) is 0. The van der Waals surface area contributed by atoms with Crippen LogP contribution in [0.2, 0.25) is 0 Å². The lowest BCUT2D eigenvalue weighted by Crippen LogP contribution is -2.09. The van der Waals surface area contributed by atoms with E-state index in [1.807, 2.05) is 12.1 Å². The maximum Gasteiger partial charge on any atom is 0.123 e. The highest BCUT2D eigenvalue weighted by atomic mass is 79.9. The van der Waals surface area contributed by atoms with Crippen LogP contribution in [0.1, 0.15) is 16.8 Å². The first-order valence-electron chi connectivity index (χ1n) is 3.83. The summed E-state index contributed by atoms with van der Waals surface area (Å²) in [5.74, 6) is 1.01. The van der Waals surface area contributed by atoms with Gasteiger partial charge in [0.05, 0.1) is 6.61 Å². The first-order chi connectivity index (χ1) is 5.77. The molecule has 64 valence electrons. The summed E-state index contributed by atoms with van der Waals surface area (Å²) in [6, 6.07) is 6.12. The van der Waals surface area contributed by atoms with Gasteiger partial charge in [0.25, 0.3) is 0 Å². The average Bonchev–Trinajstić information content (AvgIpc) is 2.07. The average molecular weight is 292 g/mol. The highest BCUT2D eigenvalue weighted by molar-refractivity contribution is 9.10. The van der Waals surface area contributed by atoms with Gasteiger partial charge in [-0.1, -0.05) is 31.9 Å². The molecule has 1 heterocycles. The van der Waals surface area contributed by atoms with E-state index in [2.05, 4.69) is 37.9 Å². The predicted molar refractivity (Wildman–Crippen MR) is 55.9 cm³/mol. The van der Waals surface area contributed by atoms with E-state index in [-0.39, 0.29) is 0 Å². The zero-order valence-electron chi connectivity index (χ0n) is 6.39. The maximum atomic E-state index is 5.50. The fourth-order valence-electron chi connectivity index (χ4n) is 1.32. The molecular weight excluding hydrogens is 284 g/mol. The molecule has 0 aromatic heterocycles. The summed E-state index contributed by atoms with van der Waals surface area (Å²) >= 11 is 7.06. The second-order valence-electron chi connectivity index (χ2n) is 2.79. The van der Waals surface area contributed by atoms with E-state index in [9.17, 15) is 0 Å². The van der Waals surface area contributed by atoms with E-state index in [0.717, 1.165) is 23.2 Å². The van der Waals surface area contributed by atoms with E-state index < -0.39 is 0 Å². The van der Waals surface area contributed by atoms with Crippen molar-refractivity contribution >= 4 is 31.9 Å². The van der Waals surface area contributed by atoms with Gasteiger partial charge in [-0.3, -0.25) is 0 Å². The van der Waals surface area contributed by atoms with Crippen LogP contribution < -0.4 is 4.74 Å². The van der Waals surface area contributed by atoms with Crippen molar-refractivity contribution in [2.24, 2.45) is 0 Å². The van der Waals surface area contributed by atoms with Gasteiger partial charge in [0.2, 0.25) is 0 Å². The van der Waals surface area contributed by atoms with E-state index in [1.165, 1.54) is 5.56 Å². The molecule has 1 aliphatic rings. The summed E-state index contributed by atoms with van der Waals surface area (Å²) in [6.45, 7) is 0.810. The van der Waals surface area contributed by atoms with Crippen molar-refractivity contribution in [3.63, 3.8) is 0 Å². The monoisotopic (exact) mass is 290 g/mol. The second kappa shape index (κ2) is 3.38. The van der Waals surface area contributed by atoms with Crippen LogP contribution in [-0.2, 0) is 0 Å². The highest BCUT2D eigenvalue weighted by Crippen LogP contribution is 2.38. The number of ether oxygens (including phenoxy) is 1. The molecule has 0 aliphatic carbocycles.